The fraction of sp³-hybridized carbons (Fsp3) is 0.455. The molecule has 0 N–H and O–H groups in total. The monoisotopic (exact) mass is 322 g/mol. The Hall–Kier alpha value is -1.42. The van der Waals surface area contributed by atoms with Gasteiger partial charge in [-0.25, -0.2) is 8.78 Å². The van der Waals surface area contributed by atoms with Crippen LogP contribution >= 0.6 is 0 Å². The molecule has 0 aliphatic rings. The number of benzene rings is 1. The van der Waals surface area contributed by atoms with Crippen LogP contribution < -0.4 is 0 Å². The van der Waals surface area contributed by atoms with Crippen molar-refractivity contribution in [3.05, 3.63) is 35.9 Å². The number of halogens is 8. The van der Waals surface area contributed by atoms with Gasteiger partial charge >= 0.3 is 24.3 Å². The van der Waals surface area contributed by atoms with E-state index in [0.29, 0.717) is 0 Å². The van der Waals surface area contributed by atoms with Gasteiger partial charge in [0.25, 0.3) is 0 Å². The topological polar surface area (TPSA) is 23.1 Å². The van der Waals surface area contributed by atoms with Crippen LogP contribution in [0.5, 0.6) is 0 Å². The van der Waals surface area contributed by atoms with Crippen LogP contribution in [0, 0.1) is 0 Å². The van der Waals surface area contributed by atoms with Crippen molar-refractivity contribution in [3.8, 4) is 0 Å². The summed E-state index contributed by atoms with van der Waals surface area (Å²) in [5.74, 6) is -12.9. The first kappa shape index (κ1) is 17.6. The summed E-state index contributed by atoms with van der Waals surface area (Å²) in [6.45, 7) is -1.37. The molecule has 0 unspecified atom stereocenters. The summed E-state index contributed by atoms with van der Waals surface area (Å²) in [5.41, 5.74) is -0.177. The molecule has 1 rings (SSSR count). The molecule has 1 aromatic rings. The highest BCUT2D eigenvalue weighted by atomic mass is 19.4. The van der Waals surface area contributed by atoms with Crippen LogP contribution in [0.1, 0.15) is 5.56 Å². The lowest BCUT2D eigenvalue weighted by Gasteiger charge is -2.34. The van der Waals surface area contributed by atoms with Gasteiger partial charge in [-0.15, -0.1) is 5.21 Å². The van der Waals surface area contributed by atoms with Crippen LogP contribution in [-0.4, -0.2) is 29.4 Å². The van der Waals surface area contributed by atoms with E-state index in [2.05, 4.69) is 0 Å². The zero-order chi connectivity index (χ0) is 16.5. The van der Waals surface area contributed by atoms with E-state index < -0.39 is 35.9 Å². The maximum atomic E-state index is 13.2. The van der Waals surface area contributed by atoms with Gasteiger partial charge in [-0.1, -0.05) is 35.4 Å². The van der Waals surface area contributed by atoms with Crippen LogP contribution in [0.15, 0.2) is 30.3 Å². The Balaban J connectivity index is 3.03. The van der Waals surface area contributed by atoms with Gasteiger partial charge in [0, 0.05) is 0 Å². The SMILES string of the molecule is [O]N(Cc1ccccc1)C(F)(F)C(F)(F)C(F)(F)C(F)F. The van der Waals surface area contributed by atoms with Crippen LogP contribution in [0.4, 0.5) is 35.1 Å². The van der Waals surface area contributed by atoms with Crippen molar-refractivity contribution in [2.24, 2.45) is 0 Å². The van der Waals surface area contributed by atoms with E-state index in [1.54, 1.807) is 0 Å². The lowest BCUT2D eigenvalue weighted by molar-refractivity contribution is -0.437. The Morgan fingerprint density at radius 3 is 1.86 bits per heavy atom. The van der Waals surface area contributed by atoms with Crippen molar-refractivity contribution in [1.29, 1.82) is 0 Å². The molecule has 0 saturated carbocycles. The highest BCUT2D eigenvalue weighted by Gasteiger charge is 2.77. The van der Waals surface area contributed by atoms with E-state index >= 15 is 0 Å². The molecule has 10 heteroatoms. The van der Waals surface area contributed by atoms with Crippen LogP contribution in [0.3, 0.4) is 0 Å². The zero-order valence-electron chi connectivity index (χ0n) is 10.1. The van der Waals surface area contributed by atoms with Crippen molar-refractivity contribution < 1.29 is 40.3 Å². The highest BCUT2D eigenvalue weighted by molar-refractivity contribution is 5.14. The minimum Gasteiger partial charge on any atom is -0.203 e. The van der Waals surface area contributed by atoms with E-state index in [1.165, 1.54) is 18.2 Å². The van der Waals surface area contributed by atoms with Gasteiger partial charge in [0.05, 0.1) is 6.54 Å². The van der Waals surface area contributed by atoms with Crippen LogP contribution in [-0.2, 0) is 11.8 Å². The predicted octanol–water partition coefficient (Wildman–Crippen LogP) is 3.96. The zero-order valence-corrected chi connectivity index (χ0v) is 10.1. The highest BCUT2D eigenvalue weighted by Crippen LogP contribution is 2.49. The molecule has 0 aliphatic carbocycles. The maximum absolute atomic E-state index is 13.2. The van der Waals surface area contributed by atoms with E-state index in [9.17, 15) is 40.3 Å². The molecule has 0 amide bonds. The molecular weight excluding hydrogens is 314 g/mol. The number of hydroxylamine groups is 2. The quantitative estimate of drug-likeness (QED) is 0.442. The van der Waals surface area contributed by atoms with Crippen molar-refractivity contribution >= 4 is 0 Å². The molecule has 0 aliphatic heterocycles. The minimum atomic E-state index is -6.54. The first-order valence-electron chi connectivity index (χ1n) is 5.35. The summed E-state index contributed by atoms with van der Waals surface area (Å²) in [5, 5.41) is 9.42. The van der Waals surface area contributed by atoms with Crippen molar-refractivity contribution in [1.82, 2.24) is 5.06 Å². The Bertz CT molecular complexity index is 465. The van der Waals surface area contributed by atoms with E-state index in [0.717, 1.165) is 12.1 Å². The summed E-state index contributed by atoms with van der Waals surface area (Å²) in [6, 6.07) is 0.189. The Morgan fingerprint density at radius 2 is 1.43 bits per heavy atom. The Kier molecular flexibility index (Phi) is 4.83. The number of hydrogen-bond acceptors (Lipinski definition) is 1. The molecular formula is C11H8F8NO. The summed E-state index contributed by atoms with van der Waals surface area (Å²) in [6.07, 6.45) is -5.05. The molecule has 0 spiro atoms. The van der Waals surface area contributed by atoms with Crippen molar-refractivity contribution in [2.45, 2.75) is 30.9 Å². The molecule has 0 aromatic heterocycles. The average Bonchev–Trinajstić information content (AvgIpc) is 2.39. The maximum Gasteiger partial charge on any atom is 0.397 e. The van der Waals surface area contributed by atoms with E-state index in [4.69, 9.17) is 0 Å². The third kappa shape index (κ3) is 3.10. The summed E-state index contributed by atoms with van der Waals surface area (Å²) in [7, 11) is 0. The molecule has 1 aromatic carbocycles. The lowest BCUT2D eigenvalue weighted by atomic mass is 10.1. The number of hydrogen-bond donors (Lipinski definition) is 0. The van der Waals surface area contributed by atoms with Crippen LogP contribution in [0.25, 0.3) is 0 Å². The summed E-state index contributed by atoms with van der Waals surface area (Å²) < 4.78 is 101. The predicted molar refractivity (Wildman–Crippen MR) is 53.5 cm³/mol. The molecule has 0 atom stereocenters. The second-order valence-corrected chi connectivity index (χ2v) is 4.06. The summed E-state index contributed by atoms with van der Waals surface area (Å²) in [4.78, 5) is 0. The normalized spacial score (nSPS) is 14.0. The second-order valence-electron chi connectivity index (χ2n) is 4.06. The fourth-order valence-electron chi connectivity index (χ4n) is 1.34. The Morgan fingerprint density at radius 1 is 0.952 bits per heavy atom. The average molecular weight is 322 g/mol. The van der Waals surface area contributed by atoms with Gasteiger partial charge in [-0.05, 0) is 5.56 Å². The van der Waals surface area contributed by atoms with Gasteiger partial charge in [-0.3, -0.25) is 0 Å². The third-order valence-corrected chi connectivity index (χ3v) is 2.55. The third-order valence-electron chi connectivity index (χ3n) is 2.55. The molecule has 0 fully saturated rings. The molecule has 0 heterocycles. The second kappa shape index (κ2) is 5.76. The van der Waals surface area contributed by atoms with E-state index in [-0.39, 0.29) is 5.56 Å². The fourth-order valence-corrected chi connectivity index (χ4v) is 1.34. The standard InChI is InChI=1S/C11H8F8NO/c12-8(13)9(14,15)10(16,17)11(18,19)20(21)6-7-4-2-1-3-5-7/h1-5,8H,6H2. The molecule has 21 heavy (non-hydrogen) atoms. The van der Waals surface area contributed by atoms with Gasteiger partial charge in [0.1, 0.15) is 0 Å². The summed E-state index contributed by atoms with van der Waals surface area (Å²) >= 11 is 0. The van der Waals surface area contributed by atoms with Crippen LogP contribution in [0.2, 0.25) is 0 Å². The van der Waals surface area contributed by atoms with Crippen molar-refractivity contribution in [2.75, 3.05) is 0 Å². The first-order chi connectivity index (χ1) is 9.44. The van der Waals surface area contributed by atoms with E-state index in [1.807, 2.05) is 0 Å². The molecule has 0 saturated heterocycles. The van der Waals surface area contributed by atoms with Gasteiger partial charge in [-0.2, -0.15) is 26.3 Å². The largest absolute Gasteiger partial charge is 0.397 e. The first-order valence-corrected chi connectivity index (χ1v) is 5.35. The minimum absolute atomic E-state index is 0.177. The molecule has 119 valence electrons. The Labute approximate surface area is 113 Å². The molecule has 0 bridgehead atoms. The molecule has 1 radical (unpaired) electrons. The van der Waals surface area contributed by atoms with Gasteiger partial charge in [0.2, 0.25) is 0 Å². The number of rotatable bonds is 6. The number of nitrogens with zero attached hydrogens (tertiary/aromatic N) is 1. The van der Waals surface area contributed by atoms with Gasteiger partial charge in [0.15, 0.2) is 0 Å². The van der Waals surface area contributed by atoms with Crippen molar-refractivity contribution in [3.63, 3.8) is 0 Å². The van der Waals surface area contributed by atoms with Gasteiger partial charge < -0.3 is 0 Å². The lowest BCUT2D eigenvalue weighted by Crippen LogP contribution is -2.63. The molecule has 2 nitrogen and oxygen atoms in total. The number of alkyl halides is 8. The smallest absolute Gasteiger partial charge is 0.203 e.